The molecule has 2 aromatic heterocycles. The standard InChI is InChI=1S/C19H19ClN4O3/c1-24(2)8-6-15-22-17(11-5-7-21-16(25)10-11)18(23-15)13-9-12(19(26)27)3-4-14(13)20/h3-5,7,9-10H,6,8H2,1-2H3,(H,21,25)(H,22,23)(H,26,27). The molecule has 0 unspecified atom stereocenters. The highest BCUT2D eigenvalue weighted by Gasteiger charge is 2.19. The van der Waals surface area contributed by atoms with Gasteiger partial charge in [-0.2, -0.15) is 0 Å². The van der Waals surface area contributed by atoms with Crippen molar-refractivity contribution in [3.63, 3.8) is 0 Å². The molecule has 140 valence electrons. The summed E-state index contributed by atoms with van der Waals surface area (Å²) >= 11 is 6.35. The van der Waals surface area contributed by atoms with Gasteiger partial charge in [0.2, 0.25) is 5.88 Å². The minimum Gasteiger partial charge on any atom is -0.493 e. The third-order valence-electron chi connectivity index (χ3n) is 4.05. The van der Waals surface area contributed by atoms with Gasteiger partial charge in [-0.05, 0) is 38.4 Å². The number of nitrogens with zero attached hydrogens (tertiary/aromatic N) is 3. The fourth-order valence-electron chi connectivity index (χ4n) is 2.69. The van der Waals surface area contributed by atoms with E-state index in [1.165, 1.54) is 24.4 Å². The Balaban J connectivity index is 2.16. The molecule has 0 amide bonds. The minimum atomic E-state index is -1.04. The minimum absolute atomic E-state index is 0.117. The molecule has 3 rings (SSSR count). The number of hydrogen-bond acceptors (Lipinski definition) is 5. The van der Waals surface area contributed by atoms with Gasteiger partial charge < -0.3 is 20.1 Å². The lowest BCUT2D eigenvalue weighted by Gasteiger charge is -2.07. The lowest BCUT2D eigenvalue weighted by atomic mass is 10.0. The molecule has 0 aliphatic carbocycles. The van der Waals surface area contributed by atoms with Crippen molar-refractivity contribution >= 4 is 17.6 Å². The van der Waals surface area contributed by atoms with Crippen LogP contribution < -0.4 is 0 Å². The Bertz CT molecular complexity index is 985. The van der Waals surface area contributed by atoms with Crippen LogP contribution in [0.25, 0.3) is 22.5 Å². The van der Waals surface area contributed by atoms with Crippen molar-refractivity contribution in [3.8, 4) is 28.4 Å². The molecule has 7 nitrogen and oxygen atoms in total. The Morgan fingerprint density at radius 3 is 2.70 bits per heavy atom. The summed E-state index contributed by atoms with van der Waals surface area (Å²) < 4.78 is 0. The predicted octanol–water partition coefficient (Wildman–Crippen LogP) is 3.30. The zero-order valence-corrected chi connectivity index (χ0v) is 15.7. The number of nitrogens with one attached hydrogen (secondary N) is 1. The molecule has 0 saturated carbocycles. The molecule has 0 aliphatic rings. The summed E-state index contributed by atoms with van der Waals surface area (Å²) in [5, 5.41) is 19.4. The summed E-state index contributed by atoms with van der Waals surface area (Å²) in [6.45, 7) is 0.789. The molecule has 0 fully saturated rings. The molecular formula is C19H19ClN4O3. The molecule has 1 aromatic carbocycles. The van der Waals surface area contributed by atoms with Crippen molar-refractivity contribution in [1.82, 2.24) is 19.9 Å². The quantitative estimate of drug-likeness (QED) is 0.600. The fraction of sp³-hybridized carbons (Fsp3) is 0.211. The largest absolute Gasteiger partial charge is 0.493 e. The van der Waals surface area contributed by atoms with E-state index < -0.39 is 5.97 Å². The van der Waals surface area contributed by atoms with Crippen molar-refractivity contribution < 1.29 is 15.0 Å². The van der Waals surface area contributed by atoms with Crippen LogP contribution in [0.3, 0.4) is 0 Å². The number of carboxylic acid groups (broad SMARTS) is 1. The van der Waals surface area contributed by atoms with Crippen molar-refractivity contribution in [3.05, 3.63) is 52.9 Å². The SMILES string of the molecule is CN(C)CCc1nc(-c2cc(C(=O)O)ccc2Cl)c(-c2ccnc(O)c2)[nH]1. The smallest absolute Gasteiger partial charge is 0.335 e. The molecule has 2 heterocycles. The third kappa shape index (κ3) is 4.27. The molecule has 3 aromatic rings. The number of aromatic carboxylic acids is 1. The highest BCUT2D eigenvalue weighted by molar-refractivity contribution is 6.33. The molecule has 0 saturated heterocycles. The molecule has 0 bridgehead atoms. The number of halogens is 1. The van der Waals surface area contributed by atoms with Crippen LogP contribution in [0, 0.1) is 0 Å². The monoisotopic (exact) mass is 386 g/mol. The maximum absolute atomic E-state index is 11.4. The maximum atomic E-state index is 11.4. The lowest BCUT2D eigenvalue weighted by Crippen LogP contribution is -2.15. The van der Waals surface area contributed by atoms with E-state index in [0.717, 1.165) is 12.4 Å². The number of likely N-dealkylation sites (N-methyl/N-ethyl adjacent to an activating group) is 1. The van der Waals surface area contributed by atoms with Gasteiger partial charge in [-0.25, -0.2) is 14.8 Å². The van der Waals surface area contributed by atoms with Gasteiger partial charge >= 0.3 is 5.97 Å². The molecule has 3 N–H and O–H groups in total. The van der Waals surface area contributed by atoms with Crippen molar-refractivity contribution in [1.29, 1.82) is 0 Å². The zero-order chi connectivity index (χ0) is 19.6. The summed E-state index contributed by atoms with van der Waals surface area (Å²) in [6, 6.07) is 7.75. The fourth-order valence-corrected chi connectivity index (χ4v) is 2.89. The summed E-state index contributed by atoms with van der Waals surface area (Å²) in [4.78, 5) is 25.1. The van der Waals surface area contributed by atoms with Crippen LogP contribution in [0.5, 0.6) is 5.88 Å². The van der Waals surface area contributed by atoms with Crippen LogP contribution in [0.1, 0.15) is 16.2 Å². The van der Waals surface area contributed by atoms with E-state index in [9.17, 15) is 15.0 Å². The number of carbonyl (C=O) groups is 1. The first-order chi connectivity index (χ1) is 12.8. The van der Waals surface area contributed by atoms with E-state index in [4.69, 9.17) is 11.6 Å². The second-order valence-corrected chi connectivity index (χ2v) is 6.77. The van der Waals surface area contributed by atoms with E-state index in [1.807, 2.05) is 19.0 Å². The number of aromatic hydroxyl groups is 1. The van der Waals surface area contributed by atoms with Gasteiger partial charge in [-0.15, -0.1) is 0 Å². The van der Waals surface area contributed by atoms with Gasteiger partial charge in [0.05, 0.1) is 22.0 Å². The van der Waals surface area contributed by atoms with Crippen LogP contribution in [0.15, 0.2) is 36.5 Å². The van der Waals surface area contributed by atoms with E-state index in [0.29, 0.717) is 34.0 Å². The van der Waals surface area contributed by atoms with E-state index >= 15 is 0 Å². The second-order valence-electron chi connectivity index (χ2n) is 6.36. The van der Waals surface area contributed by atoms with Crippen LogP contribution >= 0.6 is 11.6 Å². The number of hydrogen-bond donors (Lipinski definition) is 3. The average molecular weight is 387 g/mol. The number of pyridine rings is 1. The average Bonchev–Trinajstić information content (AvgIpc) is 3.04. The lowest BCUT2D eigenvalue weighted by molar-refractivity contribution is 0.0697. The summed E-state index contributed by atoms with van der Waals surface area (Å²) in [6.07, 6.45) is 2.16. The van der Waals surface area contributed by atoms with Gasteiger partial charge in [0.15, 0.2) is 0 Å². The highest BCUT2D eigenvalue weighted by atomic mass is 35.5. The first-order valence-corrected chi connectivity index (χ1v) is 8.65. The van der Waals surface area contributed by atoms with E-state index in [1.54, 1.807) is 12.1 Å². The van der Waals surface area contributed by atoms with Gasteiger partial charge in [-0.1, -0.05) is 11.6 Å². The zero-order valence-electron chi connectivity index (χ0n) is 14.9. The number of carboxylic acids is 1. The van der Waals surface area contributed by atoms with Crippen molar-refractivity contribution in [2.75, 3.05) is 20.6 Å². The van der Waals surface area contributed by atoms with Crippen LogP contribution in [0.2, 0.25) is 5.02 Å². The Morgan fingerprint density at radius 1 is 1.26 bits per heavy atom. The molecule has 0 atom stereocenters. The first kappa shape index (κ1) is 18.9. The number of benzene rings is 1. The molecule has 8 heteroatoms. The molecule has 0 spiro atoms. The summed E-state index contributed by atoms with van der Waals surface area (Å²) in [5.41, 5.74) is 2.48. The molecule has 27 heavy (non-hydrogen) atoms. The van der Waals surface area contributed by atoms with Crippen LogP contribution in [-0.4, -0.2) is 56.7 Å². The molecule has 0 radical (unpaired) electrons. The van der Waals surface area contributed by atoms with Gasteiger partial charge in [0.25, 0.3) is 0 Å². The molecule has 0 aliphatic heterocycles. The van der Waals surface area contributed by atoms with Gasteiger partial charge in [-0.3, -0.25) is 0 Å². The predicted molar refractivity (Wildman–Crippen MR) is 103 cm³/mol. The number of rotatable bonds is 6. The normalized spacial score (nSPS) is 11.1. The molecular weight excluding hydrogens is 368 g/mol. The summed E-state index contributed by atoms with van der Waals surface area (Å²) in [7, 11) is 3.94. The van der Waals surface area contributed by atoms with Crippen LogP contribution in [0.4, 0.5) is 0 Å². The van der Waals surface area contributed by atoms with Crippen LogP contribution in [-0.2, 0) is 6.42 Å². The van der Waals surface area contributed by atoms with Gasteiger partial charge in [0.1, 0.15) is 5.82 Å². The van der Waals surface area contributed by atoms with Gasteiger partial charge in [0, 0.05) is 36.4 Å². The Kier molecular flexibility index (Phi) is 5.43. The number of imidazole rings is 1. The Hall–Kier alpha value is -2.90. The topological polar surface area (TPSA) is 102 Å². The third-order valence-corrected chi connectivity index (χ3v) is 4.38. The van der Waals surface area contributed by atoms with E-state index in [2.05, 4.69) is 15.0 Å². The number of H-pyrrole nitrogens is 1. The Morgan fingerprint density at radius 2 is 2.04 bits per heavy atom. The number of aromatic amines is 1. The Labute approximate surface area is 161 Å². The van der Waals surface area contributed by atoms with Crippen molar-refractivity contribution in [2.45, 2.75) is 6.42 Å². The van der Waals surface area contributed by atoms with E-state index in [-0.39, 0.29) is 11.4 Å². The number of aromatic nitrogens is 3. The van der Waals surface area contributed by atoms with Crippen molar-refractivity contribution in [2.24, 2.45) is 0 Å². The highest BCUT2D eigenvalue weighted by Crippen LogP contribution is 2.35. The second kappa shape index (κ2) is 7.77. The maximum Gasteiger partial charge on any atom is 0.335 e. The summed E-state index contributed by atoms with van der Waals surface area (Å²) in [5.74, 6) is -0.422. The first-order valence-electron chi connectivity index (χ1n) is 8.27.